The number of nitrogens with one attached hydrogen (secondary N) is 1. The number of anilines is 1. The fourth-order valence-corrected chi connectivity index (χ4v) is 4.02. The molecule has 3 heteroatoms. The van der Waals surface area contributed by atoms with Crippen molar-refractivity contribution < 1.29 is 4.74 Å². The molecular formula is C24H28N2O. The number of nitrogens with zero attached hydrogens (tertiary/aromatic N) is 1. The summed E-state index contributed by atoms with van der Waals surface area (Å²) in [6.45, 7) is 7.81. The van der Waals surface area contributed by atoms with Crippen LogP contribution in [-0.4, -0.2) is 32.3 Å². The van der Waals surface area contributed by atoms with Crippen LogP contribution in [0.1, 0.15) is 24.1 Å². The second-order valence-electron chi connectivity index (χ2n) is 7.46. The van der Waals surface area contributed by atoms with Gasteiger partial charge in [0.1, 0.15) is 0 Å². The van der Waals surface area contributed by atoms with E-state index in [0.717, 1.165) is 26.3 Å². The van der Waals surface area contributed by atoms with Crippen molar-refractivity contribution in [1.82, 2.24) is 5.32 Å². The summed E-state index contributed by atoms with van der Waals surface area (Å²) in [5.41, 5.74) is 3.95. The Morgan fingerprint density at radius 3 is 2.78 bits per heavy atom. The highest BCUT2D eigenvalue weighted by Crippen LogP contribution is 2.25. The van der Waals surface area contributed by atoms with Crippen molar-refractivity contribution in [3.8, 4) is 0 Å². The number of rotatable bonds is 5. The minimum absolute atomic E-state index is 0.289. The Bertz CT molecular complexity index is 902. The van der Waals surface area contributed by atoms with Crippen LogP contribution in [0.2, 0.25) is 0 Å². The summed E-state index contributed by atoms with van der Waals surface area (Å²) in [4.78, 5) is 2.49. The number of ether oxygens (including phenoxy) is 1. The van der Waals surface area contributed by atoms with E-state index in [4.69, 9.17) is 4.74 Å². The molecule has 2 unspecified atom stereocenters. The van der Waals surface area contributed by atoms with Gasteiger partial charge in [-0.15, -0.1) is 0 Å². The van der Waals surface area contributed by atoms with Gasteiger partial charge in [-0.05, 0) is 47.9 Å². The summed E-state index contributed by atoms with van der Waals surface area (Å²) in [7, 11) is 0. The van der Waals surface area contributed by atoms with Crippen LogP contribution >= 0.6 is 0 Å². The zero-order valence-corrected chi connectivity index (χ0v) is 16.2. The third-order valence-electron chi connectivity index (χ3n) is 5.51. The van der Waals surface area contributed by atoms with Gasteiger partial charge in [-0.1, -0.05) is 54.6 Å². The Kier molecular flexibility index (Phi) is 5.42. The van der Waals surface area contributed by atoms with Gasteiger partial charge in [-0.25, -0.2) is 0 Å². The zero-order chi connectivity index (χ0) is 18.6. The van der Waals surface area contributed by atoms with Crippen LogP contribution in [0.3, 0.4) is 0 Å². The average molecular weight is 361 g/mol. The van der Waals surface area contributed by atoms with Gasteiger partial charge in [0.25, 0.3) is 0 Å². The number of benzene rings is 3. The molecule has 140 valence electrons. The number of morpholine rings is 1. The van der Waals surface area contributed by atoms with Crippen molar-refractivity contribution in [1.29, 1.82) is 0 Å². The van der Waals surface area contributed by atoms with Crippen LogP contribution in [0.25, 0.3) is 10.8 Å². The molecule has 0 radical (unpaired) electrons. The molecule has 0 saturated carbocycles. The molecule has 0 aromatic heterocycles. The van der Waals surface area contributed by atoms with E-state index >= 15 is 0 Å². The normalized spacial score (nSPS) is 18.6. The maximum atomic E-state index is 5.79. The molecule has 27 heavy (non-hydrogen) atoms. The lowest BCUT2D eigenvalue weighted by atomic mass is 9.99. The van der Waals surface area contributed by atoms with Gasteiger partial charge >= 0.3 is 0 Å². The van der Waals surface area contributed by atoms with Crippen molar-refractivity contribution in [3.05, 3.63) is 77.9 Å². The molecule has 1 heterocycles. The van der Waals surface area contributed by atoms with Gasteiger partial charge in [-0.3, -0.25) is 0 Å². The standard InChI is InChI=1S/C24H28N2O/c1-18-7-5-10-21(15-18)26-13-14-27-17-22(26)16-25-19(2)23-12-6-9-20-8-3-4-11-24(20)23/h3-12,15,19,22,25H,13-14,16-17H2,1-2H3. The maximum Gasteiger partial charge on any atom is 0.0683 e. The first kappa shape index (κ1) is 18.0. The van der Waals surface area contributed by atoms with Crippen molar-refractivity contribution in [3.63, 3.8) is 0 Å². The first-order valence-electron chi connectivity index (χ1n) is 9.84. The minimum Gasteiger partial charge on any atom is -0.377 e. The van der Waals surface area contributed by atoms with Crippen LogP contribution in [0.5, 0.6) is 0 Å². The van der Waals surface area contributed by atoms with E-state index in [1.807, 2.05) is 0 Å². The largest absolute Gasteiger partial charge is 0.377 e. The van der Waals surface area contributed by atoms with Gasteiger partial charge in [0.2, 0.25) is 0 Å². The molecule has 0 amide bonds. The molecule has 0 aliphatic carbocycles. The van der Waals surface area contributed by atoms with Gasteiger partial charge in [0.15, 0.2) is 0 Å². The van der Waals surface area contributed by atoms with Crippen LogP contribution in [-0.2, 0) is 4.74 Å². The lowest BCUT2D eigenvalue weighted by Crippen LogP contribution is -2.50. The molecule has 2 atom stereocenters. The Labute approximate surface area is 162 Å². The van der Waals surface area contributed by atoms with E-state index in [9.17, 15) is 0 Å². The Morgan fingerprint density at radius 2 is 1.89 bits per heavy atom. The predicted octanol–water partition coefficient (Wildman–Crippen LogP) is 4.70. The Hall–Kier alpha value is -2.36. The van der Waals surface area contributed by atoms with Gasteiger partial charge in [-0.2, -0.15) is 0 Å². The highest BCUT2D eigenvalue weighted by Gasteiger charge is 2.24. The molecule has 1 aliphatic heterocycles. The molecule has 3 nitrogen and oxygen atoms in total. The molecule has 0 bridgehead atoms. The number of hydrogen-bond acceptors (Lipinski definition) is 3. The molecule has 3 aromatic rings. The molecule has 4 rings (SSSR count). The first-order valence-corrected chi connectivity index (χ1v) is 9.84. The number of fused-ring (bicyclic) bond motifs is 1. The SMILES string of the molecule is Cc1cccc(N2CCOCC2CNC(C)c2cccc3ccccc23)c1. The number of hydrogen-bond donors (Lipinski definition) is 1. The lowest BCUT2D eigenvalue weighted by Gasteiger charge is -2.38. The number of aryl methyl sites for hydroxylation is 1. The average Bonchev–Trinajstić information content (AvgIpc) is 2.72. The highest BCUT2D eigenvalue weighted by atomic mass is 16.5. The zero-order valence-electron chi connectivity index (χ0n) is 16.2. The summed E-state index contributed by atoms with van der Waals surface area (Å²) in [6.07, 6.45) is 0. The first-order chi connectivity index (χ1) is 13.2. The van der Waals surface area contributed by atoms with E-state index < -0.39 is 0 Å². The summed E-state index contributed by atoms with van der Waals surface area (Å²) >= 11 is 0. The molecule has 1 fully saturated rings. The van der Waals surface area contributed by atoms with Crippen LogP contribution < -0.4 is 10.2 Å². The molecule has 1 saturated heterocycles. The van der Waals surface area contributed by atoms with Crippen molar-refractivity contribution >= 4 is 16.5 Å². The third-order valence-corrected chi connectivity index (χ3v) is 5.51. The fourth-order valence-electron chi connectivity index (χ4n) is 4.02. The van der Waals surface area contributed by atoms with Crippen LogP contribution in [0.15, 0.2) is 66.7 Å². The van der Waals surface area contributed by atoms with E-state index in [-0.39, 0.29) is 6.04 Å². The minimum atomic E-state index is 0.289. The van der Waals surface area contributed by atoms with Gasteiger partial charge < -0.3 is 15.0 Å². The summed E-state index contributed by atoms with van der Waals surface area (Å²) in [5, 5.41) is 6.38. The van der Waals surface area contributed by atoms with E-state index in [1.54, 1.807) is 0 Å². The van der Waals surface area contributed by atoms with Crippen molar-refractivity contribution in [2.75, 3.05) is 31.2 Å². The maximum absolute atomic E-state index is 5.79. The van der Waals surface area contributed by atoms with Crippen molar-refractivity contribution in [2.45, 2.75) is 25.9 Å². The third kappa shape index (κ3) is 4.00. The van der Waals surface area contributed by atoms with E-state index in [2.05, 4.69) is 90.8 Å². The summed E-state index contributed by atoms with van der Waals surface area (Å²) in [5.74, 6) is 0. The highest BCUT2D eigenvalue weighted by molar-refractivity contribution is 5.86. The van der Waals surface area contributed by atoms with E-state index in [1.165, 1.54) is 27.6 Å². The Morgan fingerprint density at radius 1 is 1.07 bits per heavy atom. The smallest absolute Gasteiger partial charge is 0.0683 e. The Balaban J connectivity index is 1.49. The summed E-state index contributed by atoms with van der Waals surface area (Å²) < 4.78 is 5.79. The van der Waals surface area contributed by atoms with Crippen LogP contribution in [0.4, 0.5) is 5.69 Å². The van der Waals surface area contributed by atoms with Crippen molar-refractivity contribution in [2.24, 2.45) is 0 Å². The quantitative estimate of drug-likeness (QED) is 0.713. The molecule has 0 spiro atoms. The lowest BCUT2D eigenvalue weighted by molar-refractivity contribution is 0.0930. The fraction of sp³-hybridized carbons (Fsp3) is 0.333. The summed E-state index contributed by atoms with van der Waals surface area (Å²) in [6, 6.07) is 24.6. The molecular weight excluding hydrogens is 332 g/mol. The monoisotopic (exact) mass is 360 g/mol. The second kappa shape index (κ2) is 8.12. The molecule has 1 aliphatic rings. The van der Waals surface area contributed by atoms with Gasteiger partial charge in [0, 0.05) is 24.8 Å². The van der Waals surface area contributed by atoms with Crippen LogP contribution in [0, 0.1) is 6.92 Å². The van der Waals surface area contributed by atoms with Gasteiger partial charge in [0.05, 0.1) is 19.3 Å². The topological polar surface area (TPSA) is 24.5 Å². The molecule has 3 aromatic carbocycles. The predicted molar refractivity (Wildman–Crippen MR) is 113 cm³/mol. The second-order valence-corrected chi connectivity index (χ2v) is 7.46. The molecule has 1 N–H and O–H groups in total. The van der Waals surface area contributed by atoms with E-state index in [0.29, 0.717) is 6.04 Å².